The molecule has 0 saturated carbocycles. The molecule has 3 unspecified atom stereocenters. The molecule has 0 aliphatic carbocycles. The Balaban J connectivity index is 2.01. The van der Waals surface area contributed by atoms with Crippen LogP contribution in [0, 0.1) is 5.92 Å². The van der Waals surface area contributed by atoms with Crippen LogP contribution in [0.2, 0.25) is 0 Å². The fourth-order valence-corrected chi connectivity index (χ4v) is 3.01. The Hall–Kier alpha value is -2.41. The monoisotopic (exact) mass is 361 g/mol. The Morgan fingerprint density at radius 3 is 2.42 bits per heavy atom. The smallest absolute Gasteiger partial charge is 0.326 e. The van der Waals surface area contributed by atoms with Gasteiger partial charge in [-0.15, -0.1) is 0 Å². The highest BCUT2D eigenvalue weighted by Gasteiger charge is 2.31. The van der Waals surface area contributed by atoms with E-state index in [1.807, 2.05) is 44.2 Å². The normalized spacial score (nSPS) is 19.0. The summed E-state index contributed by atoms with van der Waals surface area (Å²) in [6.07, 6.45) is 1.85. The number of benzene rings is 1. The van der Waals surface area contributed by atoms with Crippen molar-refractivity contribution in [3.8, 4) is 0 Å². The molecule has 1 aliphatic heterocycles. The lowest BCUT2D eigenvalue weighted by molar-refractivity contribution is -0.142. The first-order valence-electron chi connectivity index (χ1n) is 8.99. The predicted octanol–water partition coefficient (Wildman–Crippen LogP) is 0.691. The van der Waals surface area contributed by atoms with Crippen LogP contribution in [0.4, 0.5) is 0 Å². The summed E-state index contributed by atoms with van der Waals surface area (Å²) in [5, 5.41) is 17.9. The predicted molar refractivity (Wildman–Crippen MR) is 97.5 cm³/mol. The molecule has 1 aromatic rings. The first-order valence-corrected chi connectivity index (χ1v) is 8.99. The molecule has 3 atom stereocenters. The summed E-state index contributed by atoms with van der Waals surface area (Å²) < 4.78 is 0. The first kappa shape index (κ1) is 19.9. The molecule has 2 amide bonds. The second-order valence-electron chi connectivity index (χ2n) is 6.97. The average molecular weight is 361 g/mol. The van der Waals surface area contributed by atoms with Crippen molar-refractivity contribution in [3.63, 3.8) is 0 Å². The summed E-state index contributed by atoms with van der Waals surface area (Å²) in [5.74, 6) is -1.96. The number of rotatable bonds is 8. The van der Waals surface area contributed by atoms with Gasteiger partial charge >= 0.3 is 5.97 Å². The number of carboxylic acids is 1. The lowest BCUT2D eigenvalue weighted by atomic mass is 10.0. The molecular formula is C19H27N3O4. The lowest BCUT2D eigenvalue weighted by Crippen LogP contribution is -2.56. The molecule has 7 nitrogen and oxygen atoms in total. The first-order chi connectivity index (χ1) is 12.4. The van der Waals surface area contributed by atoms with Gasteiger partial charge in [0.15, 0.2) is 0 Å². The van der Waals surface area contributed by atoms with Crippen molar-refractivity contribution in [2.75, 3.05) is 6.54 Å². The topological polar surface area (TPSA) is 108 Å². The van der Waals surface area contributed by atoms with Gasteiger partial charge in [0.05, 0.1) is 6.04 Å². The number of carbonyl (C=O) groups is 3. The maximum absolute atomic E-state index is 12.6. The molecule has 142 valence electrons. The highest BCUT2D eigenvalue weighted by molar-refractivity contribution is 5.92. The molecule has 1 heterocycles. The summed E-state index contributed by atoms with van der Waals surface area (Å²) in [7, 11) is 0. The van der Waals surface area contributed by atoms with Gasteiger partial charge in [-0.2, -0.15) is 0 Å². The van der Waals surface area contributed by atoms with Crippen molar-refractivity contribution in [3.05, 3.63) is 35.9 Å². The second kappa shape index (κ2) is 9.33. The molecule has 0 radical (unpaired) electrons. The van der Waals surface area contributed by atoms with Crippen LogP contribution in [0.15, 0.2) is 30.3 Å². The number of carboxylic acid groups (broad SMARTS) is 1. The minimum Gasteiger partial charge on any atom is -0.480 e. The van der Waals surface area contributed by atoms with E-state index in [9.17, 15) is 19.5 Å². The van der Waals surface area contributed by atoms with Crippen LogP contribution in [0.5, 0.6) is 0 Å². The Morgan fingerprint density at radius 1 is 1.19 bits per heavy atom. The maximum atomic E-state index is 12.6. The van der Waals surface area contributed by atoms with Crippen molar-refractivity contribution in [2.24, 2.45) is 5.92 Å². The van der Waals surface area contributed by atoms with Crippen molar-refractivity contribution in [1.29, 1.82) is 0 Å². The molecule has 0 bridgehead atoms. The van der Waals surface area contributed by atoms with Gasteiger partial charge in [0.25, 0.3) is 0 Å². The van der Waals surface area contributed by atoms with Gasteiger partial charge in [-0.1, -0.05) is 44.2 Å². The third kappa shape index (κ3) is 5.56. The summed E-state index contributed by atoms with van der Waals surface area (Å²) in [5.41, 5.74) is 0.820. The van der Waals surface area contributed by atoms with E-state index in [1.54, 1.807) is 0 Å². The zero-order chi connectivity index (χ0) is 19.1. The van der Waals surface area contributed by atoms with E-state index in [0.29, 0.717) is 0 Å². The molecule has 1 aliphatic rings. The summed E-state index contributed by atoms with van der Waals surface area (Å²) >= 11 is 0. The summed E-state index contributed by atoms with van der Waals surface area (Å²) in [6, 6.07) is 7.01. The standard InChI is InChI=1S/C19H27N3O4/c1-12(2)16(22-17(23)14-9-6-10-20-14)18(24)21-15(19(25)26)11-13-7-4-3-5-8-13/h3-5,7-8,12,14-16,20H,6,9-11H2,1-2H3,(H,21,24)(H,22,23)(H,25,26). The molecule has 7 heteroatoms. The third-order valence-corrected chi connectivity index (χ3v) is 4.52. The van der Waals surface area contributed by atoms with Gasteiger partial charge in [-0.3, -0.25) is 9.59 Å². The zero-order valence-corrected chi connectivity index (χ0v) is 15.2. The summed E-state index contributed by atoms with van der Waals surface area (Å²) in [4.78, 5) is 36.5. The Kier molecular flexibility index (Phi) is 7.15. The van der Waals surface area contributed by atoms with Crippen molar-refractivity contribution in [2.45, 2.75) is 51.2 Å². The second-order valence-corrected chi connectivity index (χ2v) is 6.97. The van der Waals surface area contributed by atoms with Crippen LogP contribution < -0.4 is 16.0 Å². The molecule has 1 aromatic carbocycles. The highest BCUT2D eigenvalue weighted by atomic mass is 16.4. The molecule has 26 heavy (non-hydrogen) atoms. The van der Waals surface area contributed by atoms with E-state index in [1.165, 1.54) is 0 Å². The lowest BCUT2D eigenvalue weighted by Gasteiger charge is -2.25. The Morgan fingerprint density at radius 2 is 1.88 bits per heavy atom. The number of amides is 2. The molecule has 0 spiro atoms. The van der Waals surface area contributed by atoms with E-state index >= 15 is 0 Å². The van der Waals surface area contributed by atoms with Gasteiger partial charge in [-0.05, 0) is 30.9 Å². The van der Waals surface area contributed by atoms with Crippen LogP contribution >= 0.6 is 0 Å². The number of nitrogens with one attached hydrogen (secondary N) is 3. The van der Waals surface area contributed by atoms with Crippen LogP contribution in [0.3, 0.4) is 0 Å². The van der Waals surface area contributed by atoms with Crippen LogP contribution in [-0.4, -0.2) is 47.6 Å². The van der Waals surface area contributed by atoms with Crippen LogP contribution in [-0.2, 0) is 20.8 Å². The van der Waals surface area contributed by atoms with Crippen molar-refractivity contribution < 1.29 is 19.5 Å². The van der Waals surface area contributed by atoms with E-state index in [2.05, 4.69) is 16.0 Å². The van der Waals surface area contributed by atoms with Gasteiger partial charge in [0.2, 0.25) is 11.8 Å². The minimum atomic E-state index is -1.10. The molecule has 1 fully saturated rings. The minimum absolute atomic E-state index is 0.161. The van der Waals surface area contributed by atoms with Gasteiger partial charge in [0, 0.05) is 6.42 Å². The highest BCUT2D eigenvalue weighted by Crippen LogP contribution is 2.09. The molecule has 1 saturated heterocycles. The number of carbonyl (C=O) groups excluding carboxylic acids is 2. The molecule has 2 rings (SSSR count). The number of hydrogen-bond acceptors (Lipinski definition) is 4. The quantitative estimate of drug-likeness (QED) is 0.545. The maximum Gasteiger partial charge on any atom is 0.326 e. The molecule has 4 N–H and O–H groups in total. The molecule has 0 aromatic heterocycles. The van der Waals surface area contributed by atoms with E-state index in [0.717, 1.165) is 24.9 Å². The van der Waals surface area contributed by atoms with Gasteiger partial charge < -0.3 is 21.1 Å². The fraction of sp³-hybridized carbons (Fsp3) is 0.526. The fourth-order valence-electron chi connectivity index (χ4n) is 3.01. The van der Waals surface area contributed by atoms with Crippen LogP contribution in [0.1, 0.15) is 32.3 Å². The number of hydrogen-bond donors (Lipinski definition) is 4. The van der Waals surface area contributed by atoms with Crippen molar-refractivity contribution >= 4 is 17.8 Å². The van der Waals surface area contributed by atoms with Gasteiger partial charge in [0.1, 0.15) is 12.1 Å². The average Bonchev–Trinajstić information content (AvgIpc) is 3.14. The Labute approximate surface area is 153 Å². The van der Waals surface area contributed by atoms with Crippen molar-refractivity contribution in [1.82, 2.24) is 16.0 Å². The molecular weight excluding hydrogens is 334 g/mol. The summed E-state index contributed by atoms with van der Waals surface area (Å²) in [6.45, 7) is 4.42. The number of aliphatic carboxylic acids is 1. The largest absolute Gasteiger partial charge is 0.480 e. The zero-order valence-electron chi connectivity index (χ0n) is 15.2. The van der Waals surface area contributed by atoms with E-state index in [-0.39, 0.29) is 24.3 Å². The third-order valence-electron chi connectivity index (χ3n) is 4.52. The van der Waals surface area contributed by atoms with E-state index in [4.69, 9.17) is 0 Å². The van der Waals surface area contributed by atoms with Crippen LogP contribution in [0.25, 0.3) is 0 Å². The van der Waals surface area contributed by atoms with E-state index < -0.39 is 24.0 Å². The van der Waals surface area contributed by atoms with Gasteiger partial charge in [-0.25, -0.2) is 4.79 Å². The Bertz CT molecular complexity index is 627. The SMILES string of the molecule is CC(C)C(NC(=O)C1CCCN1)C(=O)NC(Cc1ccccc1)C(=O)O.